The fourth-order valence-electron chi connectivity index (χ4n) is 3.96. The van der Waals surface area contributed by atoms with Gasteiger partial charge in [0.15, 0.2) is 5.69 Å². The van der Waals surface area contributed by atoms with E-state index in [2.05, 4.69) is 31.0 Å². The Balaban J connectivity index is 1.94. The lowest BCUT2D eigenvalue weighted by Gasteiger charge is -2.29. The number of amides is 1. The third-order valence-electron chi connectivity index (χ3n) is 5.39. The maximum atomic E-state index is 13.5. The lowest BCUT2D eigenvalue weighted by molar-refractivity contribution is 0.0988. The molecule has 30 heavy (non-hydrogen) atoms. The molecule has 0 aliphatic carbocycles. The number of hydrogen-bond acceptors (Lipinski definition) is 4. The van der Waals surface area contributed by atoms with Crippen LogP contribution in [0.15, 0.2) is 53.4 Å². The highest BCUT2D eigenvalue weighted by Gasteiger charge is 2.45. The summed E-state index contributed by atoms with van der Waals surface area (Å²) in [7, 11) is 0.545. The van der Waals surface area contributed by atoms with Crippen LogP contribution in [0.4, 0.5) is 5.69 Å². The van der Waals surface area contributed by atoms with Crippen molar-refractivity contribution in [2.45, 2.75) is 37.1 Å². The molecule has 2 atom stereocenters. The SMILES string of the molecule is COc1ccccc1[C@@H]1c2c(n[nH]c2C(C)(C)C)C(=O)N1c1ccc([S@@](C)=O)cc1. The Bertz CT molecular complexity index is 1130. The highest BCUT2D eigenvalue weighted by Crippen LogP contribution is 2.47. The molecular formula is C23H25N3O3S. The Morgan fingerprint density at radius 2 is 1.77 bits per heavy atom. The van der Waals surface area contributed by atoms with Crippen molar-refractivity contribution < 1.29 is 13.7 Å². The van der Waals surface area contributed by atoms with Gasteiger partial charge in [0.25, 0.3) is 5.91 Å². The molecule has 4 rings (SSSR count). The second-order valence-electron chi connectivity index (χ2n) is 8.38. The Morgan fingerprint density at radius 1 is 1.10 bits per heavy atom. The number of hydrogen-bond donors (Lipinski definition) is 1. The largest absolute Gasteiger partial charge is 0.496 e. The van der Waals surface area contributed by atoms with E-state index in [0.29, 0.717) is 16.3 Å². The molecule has 1 aromatic heterocycles. The highest BCUT2D eigenvalue weighted by molar-refractivity contribution is 7.84. The topological polar surface area (TPSA) is 75.3 Å². The Kier molecular flexibility index (Phi) is 5.02. The van der Waals surface area contributed by atoms with Crippen LogP contribution in [0.1, 0.15) is 54.1 Å². The third-order valence-corrected chi connectivity index (χ3v) is 6.32. The number of para-hydroxylation sites is 1. The summed E-state index contributed by atoms with van der Waals surface area (Å²) < 4.78 is 17.4. The van der Waals surface area contributed by atoms with Crippen molar-refractivity contribution in [3.63, 3.8) is 0 Å². The van der Waals surface area contributed by atoms with Crippen LogP contribution in [0.5, 0.6) is 5.75 Å². The molecule has 1 aliphatic heterocycles. The molecule has 1 amide bonds. The Labute approximate surface area is 178 Å². The lowest BCUT2D eigenvalue weighted by Crippen LogP contribution is -2.30. The van der Waals surface area contributed by atoms with Gasteiger partial charge in [0.2, 0.25) is 0 Å². The molecule has 7 heteroatoms. The first kappa shape index (κ1) is 20.3. The zero-order chi connectivity index (χ0) is 21.6. The summed E-state index contributed by atoms with van der Waals surface area (Å²) in [6.45, 7) is 6.29. The van der Waals surface area contributed by atoms with Crippen LogP contribution >= 0.6 is 0 Å². The lowest BCUT2D eigenvalue weighted by atomic mass is 9.85. The minimum absolute atomic E-state index is 0.168. The molecule has 2 aromatic carbocycles. The van der Waals surface area contributed by atoms with Crippen molar-refractivity contribution in [1.29, 1.82) is 0 Å². The van der Waals surface area contributed by atoms with Gasteiger partial charge in [-0.1, -0.05) is 39.0 Å². The predicted octanol–water partition coefficient (Wildman–Crippen LogP) is 4.20. The van der Waals surface area contributed by atoms with Gasteiger partial charge >= 0.3 is 0 Å². The first-order chi connectivity index (χ1) is 14.2. The number of aromatic amines is 1. The van der Waals surface area contributed by atoms with E-state index in [0.717, 1.165) is 22.5 Å². The smallest absolute Gasteiger partial charge is 0.280 e. The Hall–Kier alpha value is -2.93. The summed E-state index contributed by atoms with van der Waals surface area (Å²) in [4.78, 5) is 15.9. The molecule has 0 saturated heterocycles. The maximum absolute atomic E-state index is 13.5. The molecule has 1 N–H and O–H groups in total. The molecule has 0 bridgehead atoms. The standard InChI is InChI=1S/C23H25N3O3S/c1-23(2,3)21-18-19(24-25-21)22(27)26(14-10-12-15(13-11-14)30(5)28)20(18)16-8-6-7-9-17(16)29-4/h6-13,20H,1-5H3,(H,24,25)/t20-,30-/m1/s1. The van der Waals surface area contributed by atoms with Crippen molar-refractivity contribution in [3.8, 4) is 5.75 Å². The monoisotopic (exact) mass is 423 g/mol. The average molecular weight is 424 g/mol. The number of carbonyl (C=O) groups is 1. The van der Waals surface area contributed by atoms with E-state index in [1.165, 1.54) is 0 Å². The molecular weight excluding hydrogens is 398 g/mol. The number of methoxy groups -OCH3 is 1. The van der Waals surface area contributed by atoms with Gasteiger partial charge in [-0.25, -0.2) is 0 Å². The van der Waals surface area contributed by atoms with Crippen molar-refractivity contribution in [3.05, 3.63) is 71.0 Å². The van der Waals surface area contributed by atoms with Crippen molar-refractivity contribution in [2.24, 2.45) is 0 Å². The molecule has 0 unspecified atom stereocenters. The molecule has 156 valence electrons. The normalized spacial score (nSPS) is 17.2. The molecule has 0 spiro atoms. The van der Waals surface area contributed by atoms with Gasteiger partial charge in [-0.2, -0.15) is 5.10 Å². The molecule has 0 saturated carbocycles. The van der Waals surface area contributed by atoms with Crippen LogP contribution in [0.25, 0.3) is 0 Å². The zero-order valence-corrected chi connectivity index (χ0v) is 18.5. The fraction of sp³-hybridized carbons (Fsp3) is 0.304. The molecule has 0 fully saturated rings. The second-order valence-corrected chi connectivity index (χ2v) is 9.76. The number of carbonyl (C=O) groups excluding carboxylic acids is 1. The van der Waals surface area contributed by atoms with Crippen LogP contribution in [0, 0.1) is 0 Å². The summed E-state index contributed by atoms with van der Waals surface area (Å²) in [5.41, 5.74) is 3.62. The van der Waals surface area contributed by atoms with Gasteiger partial charge < -0.3 is 4.74 Å². The number of fused-ring (bicyclic) bond motifs is 1. The van der Waals surface area contributed by atoms with Crippen molar-refractivity contribution in [1.82, 2.24) is 10.2 Å². The average Bonchev–Trinajstić information content (AvgIpc) is 3.27. The zero-order valence-electron chi connectivity index (χ0n) is 17.7. The Morgan fingerprint density at radius 3 is 2.37 bits per heavy atom. The van der Waals surface area contributed by atoms with Crippen LogP contribution < -0.4 is 9.64 Å². The minimum Gasteiger partial charge on any atom is -0.496 e. The van der Waals surface area contributed by atoms with Crippen LogP contribution in [0.3, 0.4) is 0 Å². The molecule has 0 radical (unpaired) electrons. The van der Waals surface area contributed by atoms with Gasteiger partial charge in [-0.15, -0.1) is 0 Å². The van der Waals surface area contributed by atoms with E-state index < -0.39 is 10.8 Å². The third kappa shape index (κ3) is 3.23. The van der Waals surface area contributed by atoms with Gasteiger partial charge in [-0.05, 0) is 30.3 Å². The highest BCUT2D eigenvalue weighted by atomic mass is 32.2. The number of nitrogens with zero attached hydrogens (tertiary/aromatic N) is 2. The fourth-order valence-corrected chi connectivity index (χ4v) is 4.48. The quantitative estimate of drug-likeness (QED) is 0.682. The van der Waals surface area contributed by atoms with E-state index in [4.69, 9.17) is 4.74 Å². The number of ether oxygens (including phenoxy) is 1. The van der Waals surface area contributed by atoms with E-state index in [9.17, 15) is 9.00 Å². The number of benzene rings is 2. The number of anilines is 1. The van der Waals surface area contributed by atoms with Crippen LogP contribution in [-0.2, 0) is 16.2 Å². The van der Waals surface area contributed by atoms with E-state index in [-0.39, 0.29) is 17.4 Å². The summed E-state index contributed by atoms with van der Waals surface area (Å²) in [6, 6.07) is 14.6. The number of rotatable bonds is 4. The molecule has 2 heterocycles. The van der Waals surface area contributed by atoms with Gasteiger partial charge in [0, 0.05) is 49.9 Å². The van der Waals surface area contributed by atoms with Crippen LogP contribution in [0.2, 0.25) is 0 Å². The first-order valence-corrected chi connectivity index (χ1v) is 11.3. The number of aromatic nitrogens is 2. The van der Waals surface area contributed by atoms with E-state index >= 15 is 0 Å². The first-order valence-electron chi connectivity index (χ1n) is 9.72. The van der Waals surface area contributed by atoms with Crippen molar-refractivity contribution in [2.75, 3.05) is 18.3 Å². The minimum atomic E-state index is -1.09. The predicted molar refractivity (Wildman–Crippen MR) is 118 cm³/mol. The molecule has 1 aliphatic rings. The van der Waals surface area contributed by atoms with Gasteiger partial charge in [-0.3, -0.25) is 19.0 Å². The molecule has 3 aromatic rings. The summed E-state index contributed by atoms with van der Waals surface area (Å²) in [5.74, 6) is 0.540. The van der Waals surface area contributed by atoms with E-state index in [1.807, 2.05) is 36.4 Å². The maximum Gasteiger partial charge on any atom is 0.280 e. The summed E-state index contributed by atoms with van der Waals surface area (Å²) in [5, 5.41) is 7.49. The van der Waals surface area contributed by atoms with Crippen LogP contribution in [-0.4, -0.2) is 33.7 Å². The summed E-state index contributed by atoms with van der Waals surface area (Å²) in [6.07, 6.45) is 1.64. The summed E-state index contributed by atoms with van der Waals surface area (Å²) >= 11 is 0. The van der Waals surface area contributed by atoms with Gasteiger partial charge in [0.05, 0.1) is 13.2 Å². The van der Waals surface area contributed by atoms with Crippen molar-refractivity contribution >= 4 is 22.4 Å². The number of nitrogens with one attached hydrogen (secondary N) is 1. The molecule has 6 nitrogen and oxygen atoms in total. The van der Waals surface area contributed by atoms with E-state index in [1.54, 1.807) is 30.4 Å². The second kappa shape index (κ2) is 7.40. The van der Waals surface area contributed by atoms with Gasteiger partial charge in [0.1, 0.15) is 5.75 Å². The number of H-pyrrole nitrogens is 1.